The van der Waals surface area contributed by atoms with E-state index in [0.717, 1.165) is 60.2 Å². The fourth-order valence-corrected chi connectivity index (χ4v) is 3.74. The van der Waals surface area contributed by atoms with Crippen molar-refractivity contribution in [3.63, 3.8) is 0 Å². The SMILES string of the molecule is O=C(NCCc1cccnc1)c1cccc(Nc2c[nH]c(=O)c3c2CCCC3)c1. The van der Waals surface area contributed by atoms with Crippen LogP contribution in [0.3, 0.4) is 0 Å². The van der Waals surface area contributed by atoms with Crippen LogP contribution in [-0.2, 0) is 19.3 Å². The summed E-state index contributed by atoms with van der Waals surface area (Å²) in [5.41, 5.74) is 5.40. The van der Waals surface area contributed by atoms with E-state index >= 15 is 0 Å². The van der Waals surface area contributed by atoms with Crippen molar-refractivity contribution >= 4 is 17.3 Å². The minimum absolute atomic E-state index is 0.00648. The van der Waals surface area contributed by atoms with Crippen LogP contribution in [0.2, 0.25) is 0 Å². The minimum Gasteiger partial charge on any atom is -0.354 e. The Morgan fingerprint density at radius 1 is 1.10 bits per heavy atom. The van der Waals surface area contributed by atoms with Crippen LogP contribution in [0.4, 0.5) is 11.4 Å². The van der Waals surface area contributed by atoms with Crippen LogP contribution in [0.25, 0.3) is 0 Å². The van der Waals surface area contributed by atoms with Gasteiger partial charge in [-0.1, -0.05) is 12.1 Å². The number of anilines is 2. The van der Waals surface area contributed by atoms with E-state index in [1.165, 1.54) is 0 Å². The summed E-state index contributed by atoms with van der Waals surface area (Å²) >= 11 is 0. The smallest absolute Gasteiger partial charge is 0.251 e. The highest BCUT2D eigenvalue weighted by molar-refractivity contribution is 5.95. The highest BCUT2D eigenvalue weighted by atomic mass is 16.1. The summed E-state index contributed by atoms with van der Waals surface area (Å²) in [4.78, 5) is 31.5. The number of rotatable bonds is 6. The minimum atomic E-state index is -0.110. The molecule has 4 rings (SSSR count). The van der Waals surface area contributed by atoms with Gasteiger partial charge in [0.1, 0.15) is 0 Å². The summed E-state index contributed by atoms with van der Waals surface area (Å²) in [6.07, 6.45) is 9.87. The van der Waals surface area contributed by atoms with Crippen molar-refractivity contribution in [2.24, 2.45) is 0 Å². The average molecular weight is 388 g/mol. The first-order valence-electron chi connectivity index (χ1n) is 9.98. The second kappa shape index (κ2) is 8.73. The van der Waals surface area contributed by atoms with E-state index in [0.29, 0.717) is 12.1 Å². The standard InChI is InChI=1S/C23H24N4O2/c28-22(25-12-10-16-5-4-11-24-14-16)17-6-3-7-18(13-17)27-21-15-26-23(29)20-9-2-1-8-19(20)21/h3-7,11,13-15,27H,1-2,8-10,12H2,(H,25,28)(H,26,29). The van der Waals surface area contributed by atoms with Crippen molar-refractivity contribution in [1.29, 1.82) is 0 Å². The maximum atomic E-state index is 12.5. The number of hydrogen-bond donors (Lipinski definition) is 3. The molecule has 2 aromatic heterocycles. The number of nitrogens with zero attached hydrogens (tertiary/aromatic N) is 1. The van der Waals surface area contributed by atoms with Crippen LogP contribution in [-0.4, -0.2) is 22.4 Å². The molecule has 1 aliphatic carbocycles. The number of nitrogens with one attached hydrogen (secondary N) is 3. The molecule has 1 aromatic carbocycles. The third-order valence-corrected chi connectivity index (χ3v) is 5.24. The van der Waals surface area contributed by atoms with E-state index in [-0.39, 0.29) is 11.5 Å². The molecule has 1 amide bonds. The predicted octanol–water partition coefficient (Wildman–Crippen LogP) is 3.36. The van der Waals surface area contributed by atoms with Gasteiger partial charge in [0, 0.05) is 41.9 Å². The van der Waals surface area contributed by atoms with E-state index < -0.39 is 0 Å². The number of hydrogen-bond acceptors (Lipinski definition) is 4. The number of benzene rings is 1. The Morgan fingerprint density at radius 3 is 2.79 bits per heavy atom. The predicted molar refractivity (Wildman–Crippen MR) is 114 cm³/mol. The Kier molecular flexibility index (Phi) is 5.70. The van der Waals surface area contributed by atoms with Crippen LogP contribution < -0.4 is 16.2 Å². The fourth-order valence-electron chi connectivity index (χ4n) is 3.74. The van der Waals surface area contributed by atoms with E-state index in [1.807, 2.05) is 36.5 Å². The monoisotopic (exact) mass is 388 g/mol. The number of H-pyrrole nitrogens is 1. The van der Waals surface area contributed by atoms with Gasteiger partial charge >= 0.3 is 0 Å². The zero-order chi connectivity index (χ0) is 20.1. The van der Waals surface area contributed by atoms with E-state index in [2.05, 4.69) is 20.6 Å². The molecule has 29 heavy (non-hydrogen) atoms. The molecule has 0 bridgehead atoms. The van der Waals surface area contributed by atoms with E-state index in [4.69, 9.17) is 0 Å². The quantitative estimate of drug-likeness (QED) is 0.604. The Bertz CT molecular complexity index is 1060. The maximum absolute atomic E-state index is 12.5. The molecule has 0 aliphatic heterocycles. The summed E-state index contributed by atoms with van der Waals surface area (Å²) in [6, 6.07) is 11.3. The number of aromatic nitrogens is 2. The first kappa shape index (κ1) is 18.9. The lowest BCUT2D eigenvalue weighted by Gasteiger charge is -2.19. The van der Waals surface area contributed by atoms with Gasteiger partial charge in [-0.05, 0) is 67.5 Å². The lowest BCUT2D eigenvalue weighted by Crippen LogP contribution is -2.25. The van der Waals surface area contributed by atoms with Gasteiger partial charge in [-0.3, -0.25) is 14.6 Å². The molecule has 148 valence electrons. The van der Waals surface area contributed by atoms with Gasteiger partial charge in [-0.15, -0.1) is 0 Å². The molecule has 6 nitrogen and oxygen atoms in total. The summed E-state index contributed by atoms with van der Waals surface area (Å²) in [5.74, 6) is -0.110. The zero-order valence-electron chi connectivity index (χ0n) is 16.2. The fraction of sp³-hybridized carbons (Fsp3) is 0.261. The number of pyridine rings is 2. The van der Waals surface area contributed by atoms with E-state index in [1.54, 1.807) is 18.5 Å². The lowest BCUT2D eigenvalue weighted by atomic mass is 9.92. The van der Waals surface area contributed by atoms with Crippen molar-refractivity contribution in [2.75, 3.05) is 11.9 Å². The Morgan fingerprint density at radius 2 is 1.97 bits per heavy atom. The summed E-state index contributed by atoms with van der Waals surface area (Å²) in [7, 11) is 0. The van der Waals surface area contributed by atoms with Gasteiger partial charge in [-0.2, -0.15) is 0 Å². The summed E-state index contributed by atoms with van der Waals surface area (Å²) in [6.45, 7) is 0.551. The molecule has 3 aromatic rings. The maximum Gasteiger partial charge on any atom is 0.251 e. The van der Waals surface area contributed by atoms with Crippen molar-refractivity contribution in [3.05, 3.63) is 87.6 Å². The Hall–Kier alpha value is -3.41. The molecule has 0 saturated carbocycles. The van der Waals surface area contributed by atoms with Crippen LogP contribution in [0.15, 0.2) is 59.8 Å². The van der Waals surface area contributed by atoms with Crippen molar-refractivity contribution in [2.45, 2.75) is 32.1 Å². The third kappa shape index (κ3) is 4.54. The highest BCUT2D eigenvalue weighted by Crippen LogP contribution is 2.27. The van der Waals surface area contributed by atoms with Crippen molar-refractivity contribution in [1.82, 2.24) is 15.3 Å². The van der Waals surface area contributed by atoms with E-state index in [9.17, 15) is 9.59 Å². The largest absolute Gasteiger partial charge is 0.354 e. The van der Waals surface area contributed by atoms with Crippen LogP contribution in [0, 0.1) is 0 Å². The molecule has 0 radical (unpaired) electrons. The Balaban J connectivity index is 1.44. The van der Waals surface area contributed by atoms with Crippen molar-refractivity contribution in [3.8, 4) is 0 Å². The molecule has 0 fully saturated rings. The number of amides is 1. The second-order valence-electron chi connectivity index (χ2n) is 7.27. The molecule has 1 aliphatic rings. The molecule has 0 saturated heterocycles. The van der Waals surface area contributed by atoms with Crippen LogP contribution in [0.1, 0.15) is 39.9 Å². The number of carbonyl (C=O) groups excluding carboxylic acids is 1. The van der Waals surface area contributed by atoms with Crippen LogP contribution in [0.5, 0.6) is 0 Å². The topological polar surface area (TPSA) is 86.9 Å². The summed E-state index contributed by atoms with van der Waals surface area (Å²) in [5, 5.41) is 6.33. The van der Waals surface area contributed by atoms with Gasteiger partial charge in [0.2, 0.25) is 0 Å². The van der Waals surface area contributed by atoms with Gasteiger partial charge in [0.05, 0.1) is 5.69 Å². The number of carbonyl (C=O) groups is 1. The highest BCUT2D eigenvalue weighted by Gasteiger charge is 2.17. The first-order valence-corrected chi connectivity index (χ1v) is 9.98. The third-order valence-electron chi connectivity index (χ3n) is 5.24. The van der Waals surface area contributed by atoms with Gasteiger partial charge in [0.25, 0.3) is 11.5 Å². The molecule has 3 N–H and O–H groups in total. The normalized spacial score (nSPS) is 12.8. The van der Waals surface area contributed by atoms with Gasteiger partial charge in [0.15, 0.2) is 0 Å². The second-order valence-corrected chi connectivity index (χ2v) is 7.27. The average Bonchev–Trinajstić information content (AvgIpc) is 2.77. The zero-order valence-corrected chi connectivity index (χ0v) is 16.2. The van der Waals surface area contributed by atoms with Gasteiger partial charge < -0.3 is 15.6 Å². The van der Waals surface area contributed by atoms with Crippen LogP contribution >= 0.6 is 0 Å². The molecule has 6 heteroatoms. The first-order chi connectivity index (χ1) is 14.2. The molecule has 0 atom stereocenters. The molecule has 0 unspecified atom stereocenters. The molecular formula is C23H24N4O2. The summed E-state index contributed by atoms with van der Waals surface area (Å²) < 4.78 is 0. The molecule has 0 spiro atoms. The number of fused-ring (bicyclic) bond motifs is 1. The Labute approximate surface area is 169 Å². The number of aromatic amines is 1. The van der Waals surface area contributed by atoms with Crippen molar-refractivity contribution < 1.29 is 4.79 Å². The van der Waals surface area contributed by atoms with Gasteiger partial charge in [-0.25, -0.2) is 0 Å². The lowest BCUT2D eigenvalue weighted by molar-refractivity contribution is 0.0954. The molecule has 2 heterocycles. The molecular weight excluding hydrogens is 364 g/mol.